The minimum atomic E-state index is -0.358. The summed E-state index contributed by atoms with van der Waals surface area (Å²) in [5.41, 5.74) is 12.5. The Bertz CT molecular complexity index is 1510. The molecule has 0 aliphatic carbocycles. The summed E-state index contributed by atoms with van der Waals surface area (Å²) < 4.78 is 7.87. The van der Waals surface area contributed by atoms with E-state index < -0.39 is 0 Å². The lowest BCUT2D eigenvalue weighted by Crippen LogP contribution is -2.36. The first-order valence-electron chi connectivity index (χ1n) is 13.8. The summed E-state index contributed by atoms with van der Waals surface area (Å²) in [5.74, 6) is 0.233. The van der Waals surface area contributed by atoms with Crippen LogP contribution in [0, 0.1) is 0 Å². The molecule has 200 valence electrons. The number of carbonyl (C=O) groups is 2. The molecule has 2 amide bonds. The van der Waals surface area contributed by atoms with Gasteiger partial charge < -0.3 is 15.4 Å². The van der Waals surface area contributed by atoms with Crippen LogP contribution in [0.15, 0.2) is 60.7 Å². The van der Waals surface area contributed by atoms with Gasteiger partial charge in [-0.15, -0.1) is 5.10 Å². The molecule has 9 rings (SSSR count). The number of amides is 2. The average Bonchev–Trinajstić information content (AvgIpc) is 3.36. The molecule has 6 heterocycles. The maximum absolute atomic E-state index is 13.4. The molecule has 2 N–H and O–H groups in total. The van der Waals surface area contributed by atoms with Gasteiger partial charge in [-0.3, -0.25) is 9.59 Å². The molecule has 4 aromatic rings. The van der Waals surface area contributed by atoms with Crippen molar-refractivity contribution in [3.8, 4) is 5.75 Å². The smallest absolute Gasteiger partial charge is 0.254 e. The van der Waals surface area contributed by atoms with Gasteiger partial charge in [0.2, 0.25) is 5.91 Å². The van der Waals surface area contributed by atoms with E-state index in [1.54, 1.807) is 0 Å². The number of rotatable bonds is 2. The number of hydrogen-bond donors (Lipinski definition) is 1. The quantitative estimate of drug-likeness (QED) is 0.414. The van der Waals surface area contributed by atoms with E-state index in [4.69, 9.17) is 10.5 Å². The number of carbonyl (C=O) groups excluding carboxylic acids is 2. The lowest BCUT2D eigenvalue weighted by atomic mass is 9.85. The number of hydrogen-bond acceptors (Lipinski definition) is 5. The first kappa shape index (κ1) is 25.1. The van der Waals surface area contributed by atoms with Crippen molar-refractivity contribution < 1.29 is 14.3 Å². The van der Waals surface area contributed by atoms with E-state index in [2.05, 4.69) is 34.6 Å². The highest BCUT2D eigenvalue weighted by molar-refractivity contribution is 5.94. The van der Waals surface area contributed by atoms with Gasteiger partial charge in [0.25, 0.3) is 5.91 Å². The second kappa shape index (κ2) is 10.9. The Hall–Kier alpha value is -4.20. The van der Waals surface area contributed by atoms with E-state index in [9.17, 15) is 9.59 Å². The predicted octanol–water partition coefficient (Wildman–Crippen LogP) is 4.59. The third-order valence-corrected chi connectivity index (χ3v) is 7.91. The maximum Gasteiger partial charge on any atom is 0.254 e. The Morgan fingerprint density at radius 2 is 1.72 bits per heavy atom. The van der Waals surface area contributed by atoms with Gasteiger partial charge in [0.15, 0.2) is 0 Å². The average molecular weight is 524 g/mol. The summed E-state index contributed by atoms with van der Waals surface area (Å²) in [7, 11) is 0. The summed E-state index contributed by atoms with van der Waals surface area (Å²) in [6, 6.07) is 19.9. The van der Waals surface area contributed by atoms with E-state index in [1.807, 2.05) is 46.0 Å². The molecule has 5 aliphatic rings. The molecule has 8 nitrogen and oxygen atoms in total. The standard InChI is InChI=1S/C31H33N5O3/c32-30(37)19-27-23-6-5-21-13-15-35(20-25(21)17-23)31(38)22-7-10-26(11-8-22)39-16-4-2-1-3-14-36-29-12-9-24(27)18-28(29)33-34-36/h5-12,17-18,27H,1-4,13-16,19-20H2,(H2,32,37). The monoisotopic (exact) mass is 523 g/mol. The summed E-state index contributed by atoms with van der Waals surface area (Å²) in [6.07, 6.45) is 5.10. The van der Waals surface area contributed by atoms with Gasteiger partial charge in [-0.25, -0.2) is 4.68 Å². The summed E-state index contributed by atoms with van der Waals surface area (Å²) in [5, 5.41) is 8.82. The van der Waals surface area contributed by atoms with Crippen LogP contribution in [0.4, 0.5) is 0 Å². The molecule has 0 saturated carbocycles. The topological polar surface area (TPSA) is 103 Å². The van der Waals surface area contributed by atoms with E-state index in [-0.39, 0.29) is 24.2 Å². The molecule has 0 radical (unpaired) electrons. The van der Waals surface area contributed by atoms with Gasteiger partial charge in [-0.1, -0.05) is 35.9 Å². The third-order valence-electron chi connectivity index (χ3n) is 7.91. The molecule has 1 atom stereocenters. The van der Waals surface area contributed by atoms with Crippen molar-refractivity contribution in [1.82, 2.24) is 19.9 Å². The zero-order valence-corrected chi connectivity index (χ0v) is 22.0. The van der Waals surface area contributed by atoms with Gasteiger partial charge in [0.05, 0.1) is 12.1 Å². The number of nitrogens with two attached hydrogens (primary N) is 1. The van der Waals surface area contributed by atoms with E-state index in [0.29, 0.717) is 25.3 Å². The summed E-state index contributed by atoms with van der Waals surface area (Å²) >= 11 is 0. The Morgan fingerprint density at radius 3 is 2.56 bits per heavy atom. The first-order chi connectivity index (χ1) is 19.0. The molecular formula is C31H33N5O3. The van der Waals surface area contributed by atoms with Crippen LogP contribution in [-0.2, 0) is 24.3 Å². The number of primary amides is 1. The fraction of sp³-hybridized carbons (Fsp3) is 0.355. The van der Waals surface area contributed by atoms with Crippen LogP contribution < -0.4 is 10.5 Å². The molecule has 8 heteroatoms. The van der Waals surface area contributed by atoms with Crippen LogP contribution in [-0.4, -0.2) is 44.9 Å². The van der Waals surface area contributed by atoms with Crippen LogP contribution in [0.3, 0.4) is 0 Å². The van der Waals surface area contributed by atoms with Crippen LogP contribution in [0.1, 0.15) is 70.6 Å². The summed E-state index contributed by atoms with van der Waals surface area (Å²) in [4.78, 5) is 27.4. The lowest BCUT2D eigenvalue weighted by Gasteiger charge is -2.30. The molecule has 0 spiro atoms. The molecule has 39 heavy (non-hydrogen) atoms. The van der Waals surface area contributed by atoms with Gasteiger partial charge in [-0.2, -0.15) is 0 Å². The van der Waals surface area contributed by atoms with E-state index in [1.165, 1.54) is 5.56 Å². The van der Waals surface area contributed by atoms with Crippen molar-refractivity contribution in [2.75, 3.05) is 13.2 Å². The van der Waals surface area contributed by atoms with Gasteiger partial charge >= 0.3 is 0 Å². The van der Waals surface area contributed by atoms with Gasteiger partial charge in [0, 0.05) is 37.5 Å². The van der Waals surface area contributed by atoms with Crippen LogP contribution in [0.2, 0.25) is 0 Å². The second-order valence-electron chi connectivity index (χ2n) is 10.6. The molecule has 3 aromatic carbocycles. The van der Waals surface area contributed by atoms with Crippen molar-refractivity contribution in [3.05, 3.63) is 88.5 Å². The molecule has 5 aliphatic heterocycles. The normalized spacial score (nSPS) is 18.1. The number of aromatic nitrogens is 3. The second-order valence-corrected chi connectivity index (χ2v) is 10.6. The number of benzene rings is 3. The zero-order valence-electron chi connectivity index (χ0n) is 22.0. The number of aryl methyl sites for hydroxylation is 1. The summed E-state index contributed by atoms with van der Waals surface area (Å²) in [6.45, 7) is 2.65. The molecule has 9 bridgehead atoms. The van der Waals surface area contributed by atoms with Crippen LogP contribution in [0.25, 0.3) is 11.0 Å². The fourth-order valence-corrected chi connectivity index (χ4v) is 5.75. The maximum atomic E-state index is 13.4. The highest BCUT2D eigenvalue weighted by Gasteiger charge is 2.25. The van der Waals surface area contributed by atoms with Crippen LogP contribution in [0.5, 0.6) is 5.75 Å². The third kappa shape index (κ3) is 5.37. The Kier molecular flexibility index (Phi) is 7.00. The predicted molar refractivity (Wildman–Crippen MR) is 148 cm³/mol. The largest absolute Gasteiger partial charge is 0.494 e. The molecule has 0 fully saturated rings. The van der Waals surface area contributed by atoms with Crippen molar-refractivity contribution in [1.29, 1.82) is 0 Å². The Balaban J connectivity index is 1.36. The number of ether oxygens (including phenoxy) is 1. The van der Waals surface area contributed by atoms with Crippen LogP contribution >= 0.6 is 0 Å². The zero-order chi connectivity index (χ0) is 26.8. The molecular weight excluding hydrogens is 490 g/mol. The van der Waals surface area contributed by atoms with Gasteiger partial charge in [-0.05, 0) is 84.3 Å². The molecule has 1 unspecified atom stereocenters. The minimum Gasteiger partial charge on any atom is -0.494 e. The van der Waals surface area contributed by atoms with Crippen molar-refractivity contribution >= 4 is 22.8 Å². The fourth-order valence-electron chi connectivity index (χ4n) is 5.75. The van der Waals surface area contributed by atoms with Crippen molar-refractivity contribution in [2.45, 2.75) is 57.5 Å². The van der Waals surface area contributed by atoms with E-state index in [0.717, 1.165) is 72.1 Å². The minimum absolute atomic E-state index is 0.0122. The Labute approximate surface area is 227 Å². The molecule has 1 aromatic heterocycles. The Morgan fingerprint density at radius 1 is 0.923 bits per heavy atom. The lowest BCUT2D eigenvalue weighted by molar-refractivity contribution is -0.118. The SMILES string of the molecule is NC(=O)CC1c2ccc3c(c2)CN(CC3)C(=O)c2ccc(cc2)OCCCCCCn2nnc3cc1ccc32. The highest BCUT2D eigenvalue weighted by Crippen LogP contribution is 2.33. The van der Waals surface area contributed by atoms with Crippen molar-refractivity contribution in [3.63, 3.8) is 0 Å². The first-order valence-corrected chi connectivity index (χ1v) is 13.8. The van der Waals surface area contributed by atoms with E-state index >= 15 is 0 Å². The molecule has 0 saturated heterocycles. The van der Waals surface area contributed by atoms with Gasteiger partial charge in [0.1, 0.15) is 11.3 Å². The number of nitrogens with zero attached hydrogens (tertiary/aromatic N) is 4. The highest BCUT2D eigenvalue weighted by atomic mass is 16.5. The van der Waals surface area contributed by atoms with Crippen molar-refractivity contribution in [2.24, 2.45) is 5.73 Å².